The minimum Gasteiger partial charge on any atom is -0.480 e. The van der Waals surface area contributed by atoms with Crippen molar-refractivity contribution < 1.29 is 9.53 Å². The van der Waals surface area contributed by atoms with E-state index in [4.69, 9.17) is 33.7 Å². The molecule has 0 aliphatic carbocycles. The normalized spacial score (nSPS) is 14.9. The maximum Gasteiger partial charge on any atom is 0.272 e. The zero-order chi connectivity index (χ0) is 26.6. The number of benzene rings is 1. The maximum atomic E-state index is 14.0. The fourth-order valence-corrected chi connectivity index (χ4v) is 5.17. The second-order valence-corrected chi connectivity index (χ2v) is 9.87. The minimum atomic E-state index is -0.644. The van der Waals surface area contributed by atoms with Crippen LogP contribution in [0.25, 0.3) is 11.3 Å². The molecule has 0 spiro atoms. The monoisotopic (exact) mass is 538 g/mol. The van der Waals surface area contributed by atoms with Crippen LogP contribution in [-0.4, -0.2) is 32.5 Å². The van der Waals surface area contributed by atoms with Gasteiger partial charge >= 0.3 is 0 Å². The van der Waals surface area contributed by atoms with Crippen molar-refractivity contribution in [2.75, 3.05) is 17.7 Å². The number of rotatable bonds is 5. The fourth-order valence-electron chi connectivity index (χ4n) is 4.89. The molecule has 0 fully saturated rings. The van der Waals surface area contributed by atoms with Gasteiger partial charge in [0.15, 0.2) is 0 Å². The van der Waals surface area contributed by atoms with E-state index in [1.54, 1.807) is 25.1 Å². The SMILES string of the molecule is COc1nc(C)nc(N)c1-c1cc2c(n1C(C)C)C(c1ccc(Cl)cc1)N(c1cc(Cl)c[nH]c1=O)C2=O. The average Bonchev–Trinajstić information content (AvgIpc) is 3.35. The molecular weight excluding hydrogens is 515 g/mol. The smallest absolute Gasteiger partial charge is 0.272 e. The molecule has 0 saturated heterocycles. The highest BCUT2D eigenvalue weighted by Crippen LogP contribution is 2.47. The van der Waals surface area contributed by atoms with Crippen molar-refractivity contribution in [2.24, 2.45) is 0 Å². The maximum absolute atomic E-state index is 14.0. The van der Waals surface area contributed by atoms with Gasteiger partial charge in [0, 0.05) is 17.3 Å². The molecule has 9 nitrogen and oxygen atoms in total. The number of nitrogens with zero attached hydrogens (tertiary/aromatic N) is 4. The summed E-state index contributed by atoms with van der Waals surface area (Å²) in [5, 5.41) is 0.852. The predicted octanol–water partition coefficient (Wildman–Crippen LogP) is 5.17. The molecule has 5 rings (SSSR count). The molecular formula is C26H24Cl2N6O3. The lowest BCUT2D eigenvalue weighted by atomic mass is 10.0. The molecule has 190 valence electrons. The van der Waals surface area contributed by atoms with Crippen LogP contribution in [-0.2, 0) is 0 Å². The Balaban J connectivity index is 1.83. The van der Waals surface area contributed by atoms with Gasteiger partial charge in [0.05, 0.1) is 29.1 Å². The highest BCUT2D eigenvalue weighted by molar-refractivity contribution is 6.31. The summed E-state index contributed by atoms with van der Waals surface area (Å²) < 4.78 is 7.57. The Hall–Kier alpha value is -3.82. The standard InChI is InChI=1S/C26H24Cl2N6O3/c1-12(2)33-18(20-23(29)31-13(3)32-25(20)37-4)10-17-22(33)21(14-5-7-15(27)8-6-14)34(26(17)36)19-9-16(28)11-30-24(19)35/h5-12,21H,1-4H3,(H,30,35)(H2,29,31,32). The van der Waals surface area contributed by atoms with E-state index in [9.17, 15) is 9.59 Å². The second kappa shape index (κ2) is 9.24. The van der Waals surface area contributed by atoms with E-state index in [0.717, 1.165) is 5.56 Å². The molecule has 4 heterocycles. The predicted molar refractivity (Wildman–Crippen MR) is 144 cm³/mol. The molecule has 1 unspecified atom stereocenters. The molecule has 11 heteroatoms. The Kier molecular flexibility index (Phi) is 6.21. The van der Waals surface area contributed by atoms with Gasteiger partial charge in [-0.1, -0.05) is 35.3 Å². The number of hydrogen-bond donors (Lipinski definition) is 2. The van der Waals surface area contributed by atoms with Crippen LogP contribution in [0.4, 0.5) is 11.5 Å². The number of amides is 1. The van der Waals surface area contributed by atoms with Gasteiger partial charge < -0.3 is 20.0 Å². The number of hydrogen-bond acceptors (Lipinski definition) is 6. The zero-order valence-corrected chi connectivity index (χ0v) is 22.1. The number of H-pyrrole nitrogens is 1. The first-order valence-electron chi connectivity index (χ1n) is 11.5. The number of aromatic nitrogens is 4. The Bertz CT molecular complexity index is 1590. The van der Waals surface area contributed by atoms with Crippen LogP contribution in [0.2, 0.25) is 10.0 Å². The number of aromatic amines is 1. The van der Waals surface area contributed by atoms with Gasteiger partial charge in [0.25, 0.3) is 11.5 Å². The Labute approximate surface area is 222 Å². The van der Waals surface area contributed by atoms with E-state index in [1.807, 2.05) is 30.5 Å². The summed E-state index contributed by atoms with van der Waals surface area (Å²) in [4.78, 5) is 39.7. The summed E-state index contributed by atoms with van der Waals surface area (Å²) in [5.41, 5.74) is 9.07. The van der Waals surface area contributed by atoms with Crippen molar-refractivity contribution in [3.05, 3.63) is 85.6 Å². The molecule has 1 aliphatic heterocycles. The first-order valence-corrected chi connectivity index (χ1v) is 12.3. The van der Waals surface area contributed by atoms with E-state index >= 15 is 0 Å². The van der Waals surface area contributed by atoms with Crippen molar-refractivity contribution >= 4 is 40.6 Å². The first kappa shape index (κ1) is 24.9. The molecule has 0 bridgehead atoms. The summed E-state index contributed by atoms with van der Waals surface area (Å²) in [5.74, 6) is 0.659. The summed E-state index contributed by atoms with van der Waals surface area (Å²) in [6, 6.07) is 9.66. The van der Waals surface area contributed by atoms with Gasteiger partial charge in [-0.2, -0.15) is 4.98 Å². The zero-order valence-electron chi connectivity index (χ0n) is 20.5. The molecule has 1 atom stereocenters. The Morgan fingerprint density at radius 3 is 2.43 bits per heavy atom. The lowest BCUT2D eigenvalue weighted by Gasteiger charge is -2.28. The first-order chi connectivity index (χ1) is 17.6. The second-order valence-electron chi connectivity index (χ2n) is 8.99. The van der Waals surface area contributed by atoms with Crippen molar-refractivity contribution in [2.45, 2.75) is 32.9 Å². The van der Waals surface area contributed by atoms with Crippen LogP contribution >= 0.6 is 23.2 Å². The van der Waals surface area contributed by atoms with Crippen LogP contribution in [0.1, 0.15) is 53.4 Å². The molecule has 0 saturated carbocycles. The van der Waals surface area contributed by atoms with E-state index < -0.39 is 11.6 Å². The number of nitrogens with two attached hydrogens (primary N) is 1. The molecule has 3 aromatic heterocycles. The van der Waals surface area contributed by atoms with Crippen LogP contribution in [0.3, 0.4) is 0 Å². The van der Waals surface area contributed by atoms with Crippen LogP contribution < -0.4 is 20.9 Å². The number of nitrogen functional groups attached to an aromatic ring is 1. The van der Waals surface area contributed by atoms with Gasteiger partial charge in [-0.05, 0) is 50.6 Å². The van der Waals surface area contributed by atoms with Gasteiger partial charge in [-0.25, -0.2) is 4.98 Å². The quantitative estimate of drug-likeness (QED) is 0.361. The van der Waals surface area contributed by atoms with E-state index in [2.05, 4.69) is 15.0 Å². The highest BCUT2D eigenvalue weighted by atomic mass is 35.5. The number of fused-ring (bicyclic) bond motifs is 1. The number of ether oxygens (including phenoxy) is 1. The van der Waals surface area contributed by atoms with Crippen LogP contribution in [0, 0.1) is 6.92 Å². The lowest BCUT2D eigenvalue weighted by molar-refractivity contribution is 0.0993. The van der Waals surface area contributed by atoms with Crippen molar-refractivity contribution in [3.63, 3.8) is 0 Å². The van der Waals surface area contributed by atoms with Gasteiger partial charge in [0.2, 0.25) is 5.88 Å². The number of carbonyl (C=O) groups is 1. The van der Waals surface area contributed by atoms with Gasteiger partial charge in [-0.15, -0.1) is 0 Å². The number of anilines is 2. The number of pyridine rings is 1. The van der Waals surface area contributed by atoms with Crippen molar-refractivity contribution in [3.8, 4) is 17.1 Å². The number of methoxy groups -OCH3 is 1. The lowest BCUT2D eigenvalue weighted by Crippen LogP contribution is -2.34. The summed E-state index contributed by atoms with van der Waals surface area (Å²) in [7, 11) is 1.51. The van der Waals surface area contributed by atoms with Crippen LogP contribution in [0.5, 0.6) is 5.88 Å². The van der Waals surface area contributed by atoms with Crippen molar-refractivity contribution in [1.82, 2.24) is 19.5 Å². The number of halogens is 2. The average molecular weight is 539 g/mol. The Morgan fingerprint density at radius 1 is 1.08 bits per heavy atom. The molecule has 0 radical (unpaired) electrons. The molecule has 4 aromatic rings. The molecule has 1 amide bonds. The van der Waals surface area contributed by atoms with Crippen LogP contribution in [0.15, 0.2) is 47.4 Å². The molecule has 37 heavy (non-hydrogen) atoms. The third-order valence-corrected chi connectivity index (χ3v) is 6.79. The fraction of sp³-hybridized carbons (Fsp3) is 0.231. The van der Waals surface area contributed by atoms with E-state index in [0.29, 0.717) is 44.3 Å². The summed E-state index contributed by atoms with van der Waals surface area (Å²) in [6.07, 6.45) is 1.39. The minimum absolute atomic E-state index is 0.107. The number of carbonyl (C=O) groups excluding carboxylic acids is 1. The Morgan fingerprint density at radius 2 is 1.78 bits per heavy atom. The third kappa shape index (κ3) is 4.04. The molecule has 1 aliphatic rings. The number of aryl methyl sites for hydroxylation is 1. The molecule has 3 N–H and O–H groups in total. The third-order valence-electron chi connectivity index (χ3n) is 6.32. The summed E-state index contributed by atoms with van der Waals surface area (Å²) >= 11 is 12.4. The topological polar surface area (TPSA) is 119 Å². The molecule has 1 aromatic carbocycles. The van der Waals surface area contributed by atoms with Gasteiger partial charge in [0.1, 0.15) is 28.9 Å². The number of nitrogens with one attached hydrogen (secondary N) is 1. The van der Waals surface area contributed by atoms with E-state index in [1.165, 1.54) is 24.3 Å². The van der Waals surface area contributed by atoms with Crippen molar-refractivity contribution in [1.29, 1.82) is 0 Å². The van der Waals surface area contributed by atoms with E-state index in [-0.39, 0.29) is 23.5 Å². The largest absolute Gasteiger partial charge is 0.480 e. The van der Waals surface area contributed by atoms with Gasteiger partial charge in [-0.3, -0.25) is 14.5 Å². The summed E-state index contributed by atoms with van der Waals surface area (Å²) in [6.45, 7) is 5.73. The highest BCUT2D eigenvalue weighted by Gasteiger charge is 2.44.